The summed E-state index contributed by atoms with van der Waals surface area (Å²) >= 11 is 0. The molecule has 0 radical (unpaired) electrons. The van der Waals surface area contributed by atoms with Crippen LogP contribution in [0.25, 0.3) is 11.4 Å². The largest absolute Gasteiger partial charge is 0.449 e. The van der Waals surface area contributed by atoms with Crippen molar-refractivity contribution in [3.8, 4) is 11.4 Å². The lowest BCUT2D eigenvalue weighted by Gasteiger charge is -2.14. The first-order chi connectivity index (χ1) is 16.0. The van der Waals surface area contributed by atoms with Crippen LogP contribution in [0.2, 0.25) is 0 Å². The van der Waals surface area contributed by atoms with Gasteiger partial charge in [0, 0.05) is 23.9 Å². The van der Waals surface area contributed by atoms with Gasteiger partial charge in [0.2, 0.25) is 5.91 Å². The van der Waals surface area contributed by atoms with Gasteiger partial charge in [-0.15, -0.1) is 0 Å². The number of anilines is 1. The highest BCUT2D eigenvalue weighted by molar-refractivity contribution is 7.90. The van der Waals surface area contributed by atoms with E-state index in [1.54, 1.807) is 24.3 Å². The summed E-state index contributed by atoms with van der Waals surface area (Å²) < 4.78 is 31.0. The molecule has 1 atom stereocenters. The van der Waals surface area contributed by atoms with E-state index >= 15 is 0 Å². The maximum atomic E-state index is 12.4. The van der Waals surface area contributed by atoms with E-state index in [4.69, 9.17) is 4.74 Å². The van der Waals surface area contributed by atoms with Crippen molar-refractivity contribution in [2.45, 2.75) is 38.7 Å². The molecule has 1 aromatic heterocycles. The molecule has 1 heterocycles. The van der Waals surface area contributed by atoms with Gasteiger partial charge in [-0.3, -0.25) is 9.59 Å². The van der Waals surface area contributed by atoms with Gasteiger partial charge in [-0.1, -0.05) is 12.1 Å². The number of aromatic nitrogens is 2. The van der Waals surface area contributed by atoms with Gasteiger partial charge in [-0.2, -0.15) is 0 Å². The molecule has 3 N–H and O–H groups in total. The Bertz CT molecular complexity index is 1310. The van der Waals surface area contributed by atoms with E-state index in [1.165, 1.54) is 31.2 Å². The van der Waals surface area contributed by atoms with Crippen LogP contribution < -0.4 is 10.0 Å². The number of hydrogen-bond donors (Lipinski definition) is 3. The van der Waals surface area contributed by atoms with Crippen molar-refractivity contribution in [2.75, 3.05) is 5.32 Å². The zero-order valence-electron chi connectivity index (χ0n) is 19.0. The molecular formula is C23H24N4O6S. The number of H-pyrrole nitrogens is 1. The van der Waals surface area contributed by atoms with Crippen molar-refractivity contribution in [3.63, 3.8) is 0 Å². The third-order valence-corrected chi connectivity index (χ3v) is 6.33. The van der Waals surface area contributed by atoms with Gasteiger partial charge in [0.15, 0.2) is 6.10 Å². The number of imidazole rings is 1. The second-order valence-corrected chi connectivity index (χ2v) is 9.28. The van der Waals surface area contributed by atoms with Crippen LogP contribution in [0.4, 0.5) is 5.69 Å². The molecule has 0 bridgehead atoms. The molecule has 0 aliphatic rings. The van der Waals surface area contributed by atoms with Crippen LogP contribution in [-0.4, -0.2) is 42.3 Å². The number of nitrogens with one attached hydrogen (secondary N) is 3. The lowest BCUT2D eigenvalue weighted by molar-refractivity contribution is -0.123. The maximum Gasteiger partial charge on any atom is 0.338 e. The third-order valence-electron chi connectivity index (χ3n) is 4.89. The average Bonchev–Trinajstić information content (AvgIpc) is 3.11. The summed E-state index contributed by atoms with van der Waals surface area (Å²) in [5, 5.41) is 2.55. The summed E-state index contributed by atoms with van der Waals surface area (Å²) in [6.45, 7) is 6.33. The Morgan fingerprint density at radius 1 is 1.00 bits per heavy atom. The van der Waals surface area contributed by atoms with Gasteiger partial charge >= 0.3 is 5.97 Å². The van der Waals surface area contributed by atoms with Gasteiger partial charge in [0.25, 0.3) is 15.9 Å². The van der Waals surface area contributed by atoms with E-state index in [-0.39, 0.29) is 10.5 Å². The lowest BCUT2D eigenvalue weighted by atomic mass is 10.1. The summed E-state index contributed by atoms with van der Waals surface area (Å²) in [6.07, 6.45) is -1.11. The Morgan fingerprint density at radius 3 is 2.15 bits per heavy atom. The minimum absolute atomic E-state index is 0.136. The first-order valence-corrected chi connectivity index (χ1v) is 11.7. The molecule has 178 valence electrons. The van der Waals surface area contributed by atoms with Crippen molar-refractivity contribution < 1.29 is 27.5 Å². The van der Waals surface area contributed by atoms with Crippen molar-refractivity contribution in [3.05, 3.63) is 65.5 Å². The smallest absolute Gasteiger partial charge is 0.338 e. The number of ether oxygens (including phenoxy) is 1. The molecular weight excluding hydrogens is 460 g/mol. The molecule has 2 amide bonds. The van der Waals surface area contributed by atoms with Crippen LogP contribution in [-0.2, 0) is 24.3 Å². The molecule has 3 rings (SSSR count). The minimum atomic E-state index is -3.98. The fraction of sp³-hybridized carbons (Fsp3) is 0.217. The van der Waals surface area contributed by atoms with Crippen molar-refractivity contribution in [2.24, 2.45) is 0 Å². The van der Waals surface area contributed by atoms with Crippen LogP contribution in [0, 0.1) is 13.8 Å². The molecule has 11 heteroatoms. The first kappa shape index (κ1) is 24.6. The quantitative estimate of drug-likeness (QED) is 0.437. The fourth-order valence-electron chi connectivity index (χ4n) is 2.94. The van der Waals surface area contributed by atoms with Gasteiger partial charge in [0.1, 0.15) is 5.82 Å². The van der Waals surface area contributed by atoms with Crippen molar-refractivity contribution >= 4 is 33.5 Å². The van der Waals surface area contributed by atoms with E-state index in [1.807, 2.05) is 18.6 Å². The number of nitrogens with zero attached hydrogens (tertiary/aromatic N) is 1. The Balaban J connectivity index is 1.59. The van der Waals surface area contributed by atoms with Crippen LogP contribution in [0.5, 0.6) is 0 Å². The third kappa shape index (κ3) is 5.87. The lowest BCUT2D eigenvalue weighted by Crippen LogP contribution is -2.30. The number of esters is 1. The second kappa shape index (κ2) is 9.87. The highest BCUT2D eigenvalue weighted by Crippen LogP contribution is 2.19. The summed E-state index contributed by atoms with van der Waals surface area (Å²) in [4.78, 5) is 43.3. The standard InChI is InChI=1S/C23H24N4O6S/c1-13-14(2)25-21(24-13)17-5-7-18(8-6-17)23(30)33-15(3)22(29)26-19-9-11-20(12-10-19)34(31,32)27-16(4)28/h5-12,15H,1-4H3,(H,24,25)(H,26,29)(H,27,28). The number of rotatable bonds is 7. The number of benzene rings is 2. The minimum Gasteiger partial charge on any atom is -0.449 e. The van der Waals surface area contributed by atoms with E-state index in [0.717, 1.165) is 23.9 Å². The van der Waals surface area contributed by atoms with Crippen molar-refractivity contribution in [1.29, 1.82) is 0 Å². The number of aryl methyl sites for hydroxylation is 2. The van der Waals surface area contributed by atoms with Gasteiger partial charge in [0.05, 0.1) is 16.2 Å². The second-order valence-electron chi connectivity index (χ2n) is 7.60. The predicted molar refractivity (Wildman–Crippen MR) is 124 cm³/mol. The molecule has 3 aromatic rings. The van der Waals surface area contributed by atoms with Crippen molar-refractivity contribution in [1.82, 2.24) is 14.7 Å². The Kier molecular flexibility index (Phi) is 7.16. The zero-order valence-corrected chi connectivity index (χ0v) is 19.8. The normalized spacial score (nSPS) is 12.0. The molecule has 34 heavy (non-hydrogen) atoms. The van der Waals surface area contributed by atoms with E-state index < -0.39 is 33.9 Å². The van der Waals surface area contributed by atoms with Crippen LogP contribution in [0.15, 0.2) is 53.4 Å². The molecule has 2 aromatic carbocycles. The predicted octanol–water partition coefficient (Wildman–Crippen LogP) is 2.70. The molecule has 0 saturated heterocycles. The zero-order chi connectivity index (χ0) is 25.0. The molecule has 0 spiro atoms. The SMILES string of the molecule is CC(=O)NS(=O)(=O)c1ccc(NC(=O)C(C)OC(=O)c2ccc(-c3nc(C)c(C)[nH]3)cc2)cc1. The van der Waals surface area contributed by atoms with Crippen LogP contribution in [0.1, 0.15) is 35.6 Å². The Hall–Kier alpha value is -3.99. The average molecular weight is 485 g/mol. The molecule has 1 unspecified atom stereocenters. The Labute approximate surface area is 196 Å². The first-order valence-electron chi connectivity index (χ1n) is 10.2. The van der Waals surface area contributed by atoms with Crippen LogP contribution >= 0.6 is 0 Å². The fourth-order valence-corrected chi connectivity index (χ4v) is 3.93. The topological polar surface area (TPSA) is 147 Å². The highest BCUT2D eigenvalue weighted by atomic mass is 32.2. The highest BCUT2D eigenvalue weighted by Gasteiger charge is 2.20. The van der Waals surface area contributed by atoms with Crippen LogP contribution in [0.3, 0.4) is 0 Å². The van der Waals surface area contributed by atoms with Gasteiger partial charge in [-0.05, 0) is 57.2 Å². The molecule has 0 saturated carbocycles. The molecule has 0 fully saturated rings. The Morgan fingerprint density at radius 2 is 1.62 bits per heavy atom. The van der Waals surface area contributed by atoms with E-state index in [2.05, 4.69) is 15.3 Å². The van der Waals surface area contributed by atoms with E-state index in [0.29, 0.717) is 11.5 Å². The maximum absolute atomic E-state index is 12.4. The molecule has 0 aliphatic carbocycles. The number of amides is 2. The molecule has 0 aliphatic heterocycles. The number of carbonyl (C=O) groups excluding carboxylic acids is 3. The number of sulfonamides is 1. The summed E-state index contributed by atoms with van der Waals surface area (Å²) in [5.41, 5.74) is 3.23. The number of carbonyl (C=O) groups is 3. The number of hydrogen-bond acceptors (Lipinski definition) is 7. The molecule has 10 nitrogen and oxygen atoms in total. The van der Waals surface area contributed by atoms with Gasteiger partial charge < -0.3 is 15.0 Å². The van der Waals surface area contributed by atoms with Gasteiger partial charge in [-0.25, -0.2) is 22.9 Å². The summed E-state index contributed by atoms with van der Waals surface area (Å²) in [6, 6.07) is 11.8. The monoisotopic (exact) mass is 484 g/mol. The summed E-state index contributed by atoms with van der Waals surface area (Å²) in [7, 11) is -3.98. The van der Waals surface area contributed by atoms with E-state index in [9.17, 15) is 22.8 Å². The number of aromatic amines is 1. The summed E-state index contributed by atoms with van der Waals surface area (Å²) in [5.74, 6) is -1.28.